The monoisotopic (exact) mass is 286 g/mol. The van der Waals surface area contributed by atoms with Crippen LogP contribution >= 0.6 is 0 Å². The third-order valence-electron chi connectivity index (χ3n) is 3.26. The van der Waals surface area contributed by atoms with Gasteiger partial charge in [-0.05, 0) is 84.5 Å². The molecule has 4 N–H and O–H groups in total. The Kier molecular flexibility index (Phi) is 18.7. The Bertz CT molecular complexity index is 147. The molecule has 0 radical (unpaired) electrons. The van der Waals surface area contributed by atoms with E-state index in [1.807, 2.05) is 0 Å². The zero-order chi connectivity index (χ0) is 14.7. The van der Waals surface area contributed by atoms with Gasteiger partial charge in [-0.25, -0.2) is 0 Å². The van der Waals surface area contributed by atoms with Gasteiger partial charge in [0.2, 0.25) is 0 Å². The molecule has 0 aromatic carbocycles. The van der Waals surface area contributed by atoms with Crippen molar-refractivity contribution < 1.29 is 0 Å². The van der Waals surface area contributed by atoms with Crippen molar-refractivity contribution >= 4 is 0 Å². The first-order valence-electron chi connectivity index (χ1n) is 8.74. The molecule has 0 spiro atoms. The minimum absolute atomic E-state index is 1.13. The van der Waals surface area contributed by atoms with Gasteiger partial charge in [0.05, 0.1) is 0 Å². The molecule has 0 heterocycles. The van der Waals surface area contributed by atoms with Gasteiger partial charge in [0, 0.05) is 0 Å². The molecule has 0 saturated carbocycles. The Morgan fingerprint density at radius 1 is 0.400 bits per heavy atom. The van der Waals surface area contributed by atoms with Gasteiger partial charge >= 0.3 is 0 Å². The van der Waals surface area contributed by atoms with Gasteiger partial charge < -0.3 is 21.3 Å². The van der Waals surface area contributed by atoms with Crippen molar-refractivity contribution in [3.63, 3.8) is 0 Å². The Balaban J connectivity index is 2.89. The summed E-state index contributed by atoms with van der Waals surface area (Å²) in [6.07, 6.45) is 7.51. The number of unbranched alkanes of at least 4 members (excludes halogenated alkanes) is 1. The highest BCUT2D eigenvalue weighted by molar-refractivity contribution is 4.55. The minimum atomic E-state index is 1.13. The molecule has 0 aromatic heterocycles. The number of hydrogen-bond donors (Lipinski definition) is 4. The van der Waals surface area contributed by atoms with Crippen molar-refractivity contribution in [1.82, 2.24) is 21.3 Å². The van der Waals surface area contributed by atoms with Crippen LogP contribution in [0.5, 0.6) is 0 Å². The van der Waals surface area contributed by atoms with Crippen molar-refractivity contribution in [2.75, 3.05) is 52.4 Å². The van der Waals surface area contributed by atoms with E-state index in [9.17, 15) is 0 Å². The van der Waals surface area contributed by atoms with E-state index in [0.717, 1.165) is 45.8 Å². The van der Waals surface area contributed by atoms with E-state index in [-0.39, 0.29) is 0 Å². The molecule has 4 heteroatoms. The minimum Gasteiger partial charge on any atom is -0.317 e. The molecule has 0 unspecified atom stereocenters. The molecule has 0 atom stereocenters. The van der Waals surface area contributed by atoms with Gasteiger partial charge in [0.1, 0.15) is 0 Å². The van der Waals surface area contributed by atoms with Gasteiger partial charge in [0.15, 0.2) is 0 Å². The lowest BCUT2D eigenvalue weighted by molar-refractivity contribution is 0.548. The maximum Gasteiger partial charge on any atom is -0.00368 e. The maximum atomic E-state index is 3.50. The highest BCUT2D eigenvalue weighted by atomic mass is 14.9. The van der Waals surface area contributed by atoms with Crippen LogP contribution in [0, 0.1) is 0 Å². The van der Waals surface area contributed by atoms with Gasteiger partial charge in [0.25, 0.3) is 0 Å². The molecule has 0 rings (SSSR count). The van der Waals surface area contributed by atoms with E-state index in [1.165, 1.54) is 45.1 Å². The molecule has 0 aliphatic rings. The van der Waals surface area contributed by atoms with E-state index < -0.39 is 0 Å². The van der Waals surface area contributed by atoms with Crippen molar-refractivity contribution in [1.29, 1.82) is 0 Å². The van der Waals surface area contributed by atoms with Crippen LogP contribution in [0.4, 0.5) is 0 Å². The van der Waals surface area contributed by atoms with E-state index in [0.29, 0.717) is 0 Å². The molecule has 122 valence electrons. The molecular formula is C16H38N4. The fourth-order valence-corrected chi connectivity index (χ4v) is 1.99. The Labute approximate surface area is 126 Å². The summed E-state index contributed by atoms with van der Waals surface area (Å²) in [7, 11) is 0. The third kappa shape index (κ3) is 17.8. The highest BCUT2D eigenvalue weighted by Crippen LogP contribution is 1.83. The van der Waals surface area contributed by atoms with Crippen LogP contribution < -0.4 is 21.3 Å². The largest absolute Gasteiger partial charge is 0.317 e. The molecule has 0 fully saturated rings. The second-order valence-corrected chi connectivity index (χ2v) is 5.41. The van der Waals surface area contributed by atoms with Gasteiger partial charge in [-0.2, -0.15) is 0 Å². The zero-order valence-electron chi connectivity index (χ0n) is 13.9. The summed E-state index contributed by atoms with van der Waals surface area (Å²) in [4.78, 5) is 0. The highest BCUT2D eigenvalue weighted by Gasteiger charge is 1.91. The molecule has 20 heavy (non-hydrogen) atoms. The molecule has 0 saturated heterocycles. The quantitative estimate of drug-likeness (QED) is 0.308. The standard InChI is InChI=1S/C16H38N4/c1-3-5-10-18-12-7-14-20-16-8-15-19-13-6-11-17-9-4-2/h17-20H,3-16H2,1-2H3. The Hall–Kier alpha value is -0.160. The van der Waals surface area contributed by atoms with Crippen LogP contribution in [0.3, 0.4) is 0 Å². The number of nitrogens with one attached hydrogen (secondary N) is 4. The zero-order valence-corrected chi connectivity index (χ0v) is 13.9. The van der Waals surface area contributed by atoms with Crippen LogP contribution in [-0.2, 0) is 0 Å². The van der Waals surface area contributed by atoms with Crippen LogP contribution in [0.2, 0.25) is 0 Å². The predicted molar refractivity (Wildman–Crippen MR) is 90.5 cm³/mol. The summed E-state index contributed by atoms with van der Waals surface area (Å²) in [6, 6.07) is 0. The third-order valence-corrected chi connectivity index (χ3v) is 3.26. The summed E-state index contributed by atoms with van der Waals surface area (Å²) in [6.45, 7) is 13.6. The SMILES string of the molecule is CCCCNCCCNCCCNCCCNCCC. The Morgan fingerprint density at radius 2 is 0.750 bits per heavy atom. The summed E-state index contributed by atoms with van der Waals surface area (Å²) in [5.41, 5.74) is 0. The van der Waals surface area contributed by atoms with Crippen LogP contribution in [-0.4, -0.2) is 52.4 Å². The van der Waals surface area contributed by atoms with Crippen LogP contribution in [0.15, 0.2) is 0 Å². The lowest BCUT2D eigenvalue weighted by Gasteiger charge is -2.07. The van der Waals surface area contributed by atoms with Crippen molar-refractivity contribution in [2.24, 2.45) is 0 Å². The van der Waals surface area contributed by atoms with Gasteiger partial charge in [-0.3, -0.25) is 0 Å². The molecular weight excluding hydrogens is 248 g/mol. The average Bonchev–Trinajstić information content (AvgIpc) is 2.47. The number of rotatable bonds is 17. The first-order valence-corrected chi connectivity index (χ1v) is 8.74. The molecule has 4 nitrogen and oxygen atoms in total. The number of hydrogen-bond acceptors (Lipinski definition) is 4. The second kappa shape index (κ2) is 18.8. The summed E-state index contributed by atoms with van der Waals surface area (Å²) in [5.74, 6) is 0. The lowest BCUT2D eigenvalue weighted by Crippen LogP contribution is -2.27. The fourth-order valence-electron chi connectivity index (χ4n) is 1.99. The topological polar surface area (TPSA) is 48.1 Å². The first-order chi connectivity index (χ1) is 9.91. The summed E-state index contributed by atoms with van der Waals surface area (Å²) >= 11 is 0. The van der Waals surface area contributed by atoms with E-state index in [2.05, 4.69) is 35.1 Å². The van der Waals surface area contributed by atoms with Crippen LogP contribution in [0.1, 0.15) is 52.4 Å². The second-order valence-electron chi connectivity index (χ2n) is 5.41. The molecule has 0 bridgehead atoms. The smallest absolute Gasteiger partial charge is 0.00368 e. The Morgan fingerprint density at radius 3 is 1.10 bits per heavy atom. The molecule has 0 aromatic rings. The van der Waals surface area contributed by atoms with Crippen molar-refractivity contribution in [3.8, 4) is 0 Å². The fraction of sp³-hybridized carbons (Fsp3) is 1.00. The predicted octanol–water partition coefficient (Wildman–Crippen LogP) is 1.73. The van der Waals surface area contributed by atoms with Gasteiger partial charge in [-0.15, -0.1) is 0 Å². The van der Waals surface area contributed by atoms with Crippen LogP contribution in [0.25, 0.3) is 0 Å². The average molecular weight is 287 g/mol. The summed E-state index contributed by atoms with van der Waals surface area (Å²) in [5, 5.41) is 13.9. The maximum absolute atomic E-state index is 3.50. The van der Waals surface area contributed by atoms with E-state index >= 15 is 0 Å². The molecule has 0 aliphatic carbocycles. The molecule has 0 amide bonds. The summed E-state index contributed by atoms with van der Waals surface area (Å²) < 4.78 is 0. The van der Waals surface area contributed by atoms with Crippen molar-refractivity contribution in [2.45, 2.75) is 52.4 Å². The van der Waals surface area contributed by atoms with E-state index in [4.69, 9.17) is 0 Å². The molecule has 0 aliphatic heterocycles. The van der Waals surface area contributed by atoms with Gasteiger partial charge in [-0.1, -0.05) is 20.3 Å². The lowest BCUT2D eigenvalue weighted by atomic mass is 10.3. The van der Waals surface area contributed by atoms with Crippen molar-refractivity contribution in [3.05, 3.63) is 0 Å². The normalized spacial score (nSPS) is 11.1. The first kappa shape index (κ1) is 19.8. The van der Waals surface area contributed by atoms with E-state index in [1.54, 1.807) is 0 Å².